The first kappa shape index (κ1) is 19.3. The molecule has 1 aliphatic heterocycles. The molecule has 2 N–H and O–H groups in total. The first-order valence-corrected chi connectivity index (χ1v) is 7.27. The van der Waals surface area contributed by atoms with Crippen LogP contribution >= 0.6 is 12.4 Å². The van der Waals surface area contributed by atoms with Crippen molar-refractivity contribution in [3.05, 3.63) is 39.4 Å². The highest BCUT2D eigenvalue weighted by Crippen LogP contribution is 2.24. The first-order valence-electron chi connectivity index (χ1n) is 7.27. The topological polar surface area (TPSA) is 93.5 Å². The number of nitro benzene ring substituents is 1. The summed E-state index contributed by atoms with van der Waals surface area (Å²) in [5.41, 5.74) is 0.572. The van der Waals surface area contributed by atoms with E-state index in [-0.39, 0.29) is 30.5 Å². The van der Waals surface area contributed by atoms with Gasteiger partial charge >= 0.3 is 0 Å². The number of amides is 1. The van der Waals surface area contributed by atoms with Gasteiger partial charge in [-0.25, -0.2) is 0 Å². The van der Waals surface area contributed by atoms with E-state index < -0.39 is 10.5 Å². The standard InChI is InChI=1S/C15H21N3O4.ClH/c1-11-12(4-3-5-13(11)18(20)21)10-17-14(19)15(22-2)6-8-16-9-7-15;/h3-5,16H,6-10H2,1-2H3,(H,17,19);1H. The SMILES string of the molecule is COC1(C(=O)NCc2cccc([N+](=O)[O-])c2C)CCNCC1.Cl. The zero-order valence-corrected chi connectivity index (χ0v) is 14.1. The molecule has 0 saturated carbocycles. The number of carbonyl (C=O) groups is 1. The normalized spacial score (nSPS) is 16.3. The zero-order chi connectivity index (χ0) is 16.2. The van der Waals surface area contributed by atoms with Crippen LogP contribution in [0.15, 0.2) is 18.2 Å². The number of nitrogens with one attached hydrogen (secondary N) is 2. The van der Waals surface area contributed by atoms with E-state index in [1.807, 2.05) is 0 Å². The number of ether oxygens (including phenoxy) is 1. The van der Waals surface area contributed by atoms with Crippen molar-refractivity contribution in [2.24, 2.45) is 0 Å². The van der Waals surface area contributed by atoms with Crippen molar-refractivity contribution in [1.29, 1.82) is 0 Å². The zero-order valence-electron chi connectivity index (χ0n) is 13.3. The molecule has 1 fully saturated rings. The summed E-state index contributed by atoms with van der Waals surface area (Å²) in [5, 5.41) is 17.0. The van der Waals surface area contributed by atoms with E-state index in [2.05, 4.69) is 10.6 Å². The average Bonchev–Trinajstić information content (AvgIpc) is 2.53. The highest BCUT2D eigenvalue weighted by molar-refractivity contribution is 5.85. The van der Waals surface area contributed by atoms with E-state index in [4.69, 9.17) is 4.74 Å². The van der Waals surface area contributed by atoms with Gasteiger partial charge in [0.15, 0.2) is 0 Å². The molecule has 0 bridgehead atoms. The molecule has 23 heavy (non-hydrogen) atoms. The van der Waals surface area contributed by atoms with Gasteiger partial charge in [0.25, 0.3) is 11.6 Å². The molecule has 0 unspecified atom stereocenters. The summed E-state index contributed by atoms with van der Waals surface area (Å²) in [7, 11) is 1.55. The molecule has 0 spiro atoms. The van der Waals surface area contributed by atoms with Gasteiger partial charge in [-0.3, -0.25) is 14.9 Å². The minimum Gasteiger partial charge on any atom is -0.368 e. The van der Waals surface area contributed by atoms with Crippen molar-refractivity contribution in [3.8, 4) is 0 Å². The maximum Gasteiger partial charge on any atom is 0.272 e. The van der Waals surface area contributed by atoms with Crippen LogP contribution in [0.1, 0.15) is 24.0 Å². The van der Waals surface area contributed by atoms with Crippen molar-refractivity contribution < 1.29 is 14.5 Å². The fourth-order valence-corrected chi connectivity index (χ4v) is 2.75. The van der Waals surface area contributed by atoms with Crippen molar-refractivity contribution in [1.82, 2.24) is 10.6 Å². The van der Waals surface area contributed by atoms with Crippen molar-refractivity contribution in [2.75, 3.05) is 20.2 Å². The van der Waals surface area contributed by atoms with E-state index in [1.54, 1.807) is 26.2 Å². The van der Waals surface area contributed by atoms with Gasteiger partial charge in [0.05, 0.1) is 4.92 Å². The van der Waals surface area contributed by atoms with Crippen LogP contribution in [-0.4, -0.2) is 36.6 Å². The molecule has 1 aliphatic rings. The summed E-state index contributed by atoms with van der Waals surface area (Å²) in [4.78, 5) is 23.0. The van der Waals surface area contributed by atoms with Gasteiger partial charge in [0.2, 0.25) is 0 Å². The van der Waals surface area contributed by atoms with Gasteiger partial charge in [-0.05, 0) is 38.4 Å². The maximum absolute atomic E-state index is 12.5. The van der Waals surface area contributed by atoms with Crippen LogP contribution in [0.4, 0.5) is 5.69 Å². The third kappa shape index (κ3) is 4.19. The summed E-state index contributed by atoms with van der Waals surface area (Å²) < 4.78 is 5.46. The number of nitro groups is 1. The van der Waals surface area contributed by atoms with Crippen molar-refractivity contribution >= 4 is 24.0 Å². The Morgan fingerprint density at radius 3 is 2.65 bits per heavy atom. The number of hydrogen-bond donors (Lipinski definition) is 2. The molecule has 1 heterocycles. The Labute approximate surface area is 141 Å². The Kier molecular flexibility index (Phi) is 6.93. The van der Waals surface area contributed by atoms with Gasteiger partial charge in [0, 0.05) is 25.3 Å². The number of methoxy groups -OCH3 is 1. The molecule has 128 valence electrons. The van der Waals surface area contributed by atoms with Crippen molar-refractivity contribution in [2.45, 2.75) is 31.9 Å². The summed E-state index contributed by atoms with van der Waals surface area (Å²) in [6.45, 7) is 3.41. The minimum atomic E-state index is -0.806. The lowest BCUT2D eigenvalue weighted by Crippen LogP contribution is -2.53. The van der Waals surface area contributed by atoms with E-state index in [1.165, 1.54) is 6.07 Å². The first-order chi connectivity index (χ1) is 10.5. The monoisotopic (exact) mass is 343 g/mol. The van der Waals surface area contributed by atoms with Crippen LogP contribution in [0.2, 0.25) is 0 Å². The highest BCUT2D eigenvalue weighted by Gasteiger charge is 2.39. The fraction of sp³-hybridized carbons (Fsp3) is 0.533. The number of rotatable bonds is 5. The molecule has 1 aromatic carbocycles. The van der Waals surface area contributed by atoms with Gasteiger partial charge in [-0.1, -0.05) is 12.1 Å². The summed E-state index contributed by atoms with van der Waals surface area (Å²) in [6.07, 6.45) is 1.23. The second-order valence-electron chi connectivity index (χ2n) is 5.45. The number of hydrogen-bond acceptors (Lipinski definition) is 5. The Balaban J connectivity index is 0.00000264. The van der Waals surface area contributed by atoms with Crippen molar-refractivity contribution in [3.63, 3.8) is 0 Å². The third-order valence-corrected chi connectivity index (χ3v) is 4.27. The number of halogens is 1. The largest absolute Gasteiger partial charge is 0.368 e. The number of benzene rings is 1. The lowest BCUT2D eigenvalue weighted by molar-refractivity contribution is -0.385. The van der Waals surface area contributed by atoms with Gasteiger partial charge in [0.1, 0.15) is 5.60 Å². The second kappa shape index (κ2) is 8.24. The van der Waals surface area contributed by atoms with E-state index in [9.17, 15) is 14.9 Å². The van der Waals surface area contributed by atoms with E-state index in [0.29, 0.717) is 18.4 Å². The van der Waals surface area contributed by atoms with Gasteiger partial charge in [-0.2, -0.15) is 0 Å². The Morgan fingerprint density at radius 2 is 2.09 bits per heavy atom. The predicted molar refractivity (Wildman–Crippen MR) is 88.8 cm³/mol. The number of carbonyl (C=O) groups excluding carboxylic acids is 1. The Morgan fingerprint density at radius 1 is 1.43 bits per heavy atom. The lowest BCUT2D eigenvalue weighted by Gasteiger charge is -2.34. The van der Waals surface area contributed by atoms with Crippen LogP contribution in [0.5, 0.6) is 0 Å². The third-order valence-electron chi connectivity index (χ3n) is 4.27. The fourth-order valence-electron chi connectivity index (χ4n) is 2.75. The Hall–Kier alpha value is -1.70. The predicted octanol–water partition coefficient (Wildman–Crippen LogP) is 1.71. The Bertz CT molecular complexity index is 574. The highest BCUT2D eigenvalue weighted by atomic mass is 35.5. The van der Waals surface area contributed by atoms with Crippen LogP contribution in [0, 0.1) is 17.0 Å². The summed E-state index contributed by atoms with van der Waals surface area (Å²) in [6, 6.07) is 4.87. The number of piperidine rings is 1. The minimum absolute atomic E-state index is 0. The molecule has 1 saturated heterocycles. The quantitative estimate of drug-likeness (QED) is 0.627. The van der Waals surface area contributed by atoms with Crippen LogP contribution in [0.3, 0.4) is 0 Å². The molecule has 2 rings (SSSR count). The van der Waals surface area contributed by atoms with E-state index >= 15 is 0 Å². The molecular formula is C15H22ClN3O4. The molecule has 0 aliphatic carbocycles. The average molecular weight is 344 g/mol. The summed E-state index contributed by atoms with van der Waals surface area (Å²) >= 11 is 0. The van der Waals surface area contributed by atoms with Crippen LogP contribution in [0.25, 0.3) is 0 Å². The van der Waals surface area contributed by atoms with Gasteiger partial charge < -0.3 is 15.4 Å². The van der Waals surface area contributed by atoms with E-state index in [0.717, 1.165) is 18.7 Å². The summed E-state index contributed by atoms with van der Waals surface area (Å²) in [5.74, 6) is -0.164. The van der Waals surface area contributed by atoms with Crippen LogP contribution in [-0.2, 0) is 16.1 Å². The molecule has 0 atom stereocenters. The number of nitrogens with zero attached hydrogens (tertiary/aromatic N) is 1. The molecule has 7 nitrogen and oxygen atoms in total. The maximum atomic E-state index is 12.5. The lowest BCUT2D eigenvalue weighted by atomic mass is 9.91. The smallest absolute Gasteiger partial charge is 0.272 e. The molecule has 8 heteroatoms. The molecule has 0 aromatic heterocycles. The molecule has 0 radical (unpaired) electrons. The molecular weight excluding hydrogens is 322 g/mol. The molecule has 1 amide bonds. The van der Waals surface area contributed by atoms with Crippen LogP contribution < -0.4 is 10.6 Å². The molecule has 1 aromatic rings. The second-order valence-corrected chi connectivity index (χ2v) is 5.45. The van der Waals surface area contributed by atoms with Gasteiger partial charge in [-0.15, -0.1) is 12.4 Å².